The van der Waals surface area contributed by atoms with Crippen LogP contribution in [0.15, 0.2) is 0 Å². The number of carbonyl (C=O) groups is 3. The first-order valence-corrected chi connectivity index (χ1v) is 8.51. The van der Waals surface area contributed by atoms with E-state index in [2.05, 4.69) is 10.6 Å². The summed E-state index contributed by atoms with van der Waals surface area (Å²) in [5.74, 6) is -1.26. The largest absolute Gasteiger partial charge is 0.467 e. The topological polar surface area (TPSA) is 111 Å². The van der Waals surface area contributed by atoms with Gasteiger partial charge >= 0.3 is 5.97 Å². The molecule has 7 heteroatoms. The molecule has 2 rings (SSSR count). The molecule has 1 saturated heterocycles. The average Bonchev–Trinajstić information content (AvgIpc) is 3.14. The lowest BCUT2D eigenvalue weighted by molar-refractivity contribution is -0.146. The third-order valence-corrected chi connectivity index (χ3v) is 4.74. The van der Waals surface area contributed by atoms with E-state index in [1.165, 1.54) is 7.11 Å². The molecule has 7 nitrogen and oxygen atoms in total. The van der Waals surface area contributed by atoms with E-state index >= 15 is 0 Å². The first-order valence-electron chi connectivity index (χ1n) is 8.51. The third kappa shape index (κ3) is 4.69. The van der Waals surface area contributed by atoms with Crippen molar-refractivity contribution in [3.05, 3.63) is 0 Å². The zero-order chi connectivity index (χ0) is 18.1. The highest BCUT2D eigenvalue weighted by atomic mass is 16.5. The van der Waals surface area contributed by atoms with Gasteiger partial charge in [0.2, 0.25) is 11.8 Å². The molecular weight excluding hydrogens is 310 g/mol. The van der Waals surface area contributed by atoms with Gasteiger partial charge in [-0.05, 0) is 37.5 Å². The maximum Gasteiger partial charge on any atom is 0.328 e. The molecule has 24 heavy (non-hydrogen) atoms. The minimum atomic E-state index is -0.849. The van der Waals surface area contributed by atoms with Gasteiger partial charge in [0.1, 0.15) is 6.04 Å². The molecule has 0 aromatic heterocycles. The second kappa shape index (κ2) is 6.70. The van der Waals surface area contributed by atoms with Gasteiger partial charge in [-0.25, -0.2) is 4.79 Å². The molecule has 0 aromatic rings. The molecule has 2 aliphatic rings. The monoisotopic (exact) mass is 339 g/mol. The number of rotatable bonds is 6. The van der Waals surface area contributed by atoms with Gasteiger partial charge in [-0.1, -0.05) is 20.8 Å². The second-order valence-electron chi connectivity index (χ2n) is 8.36. The summed E-state index contributed by atoms with van der Waals surface area (Å²) in [6.07, 6.45) is 3.43. The van der Waals surface area contributed by atoms with Crippen molar-refractivity contribution in [3.8, 4) is 0 Å². The molecule has 2 amide bonds. The smallest absolute Gasteiger partial charge is 0.328 e. The molecule has 1 heterocycles. The molecule has 3 atom stereocenters. The first kappa shape index (κ1) is 18.7. The fourth-order valence-corrected chi connectivity index (χ4v) is 3.32. The van der Waals surface area contributed by atoms with Crippen LogP contribution in [0.3, 0.4) is 0 Å². The van der Waals surface area contributed by atoms with Gasteiger partial charge in [0.15, 0.2) is 0 Å². The zero-order valence-electron chi connectivity index (χ0n) is 15.0. The molecule has 1 spiro atoms. The number of nitrogens with one attached hydrogen (secondary N) is 2. The highest BCUT2D eigenvalue weighted by Crippen LogP contribution is 2.46. The summed E-state index contributed by atoms with van der Waals surface area (Å²) in [5, 5.41) is 5.66. The fraction of sp³-hybridized carbons (Fsp3) is 0.824. The highest BCUT2D eigenvalue weighted by Gasteiger charge is 2.52. The Morgan fingerprint density at radius 2 is 2.04 bits per heavy atom. The average molecular weight is 339 g/mol. The van der Waals surface area contributed by atoms with Crippen molar-refractivity contribution in [2.75, 3.05) is 7.11 Å². The summed E-state index contributed by atoms with van der Waals surface area (Å²) in [7, 11) is 1.27. The Morgan fingerprint density at radius 1 is 1.42 bits per heavy atom. The van der Waals surface area contributed by atoms with E-state index in [4.69, 9.17) is 10.5 Å². The molecule has 1 saturated carbocycles. The van der Waals surface area contributed by atoms with Crippen molar-refractivity contribution in [2.45, 2.75) is 70.5 Å². The SMILES string of the molecule is COC(=O)[C@H](C[C@@H]1CC2(CC2)NC1=O)NC(=O)[C@@H](N)CC(C)(C)C. The Morgan fingerprint density at radius 3 is 2.50 bits per heavy atom. The molecule has 136 valence electrons. The lowest BCUT2D eigenvalue weighted by Crippen LogP contribution is -2.50. The standard InChI is InChI=1S/C17H29N3O4/c1-16(2,3)9-11(18)14(22)19-12(15(23)24-4)7-10-8-17(5-6-17)20-13(10)21/h10-12H,5-9,18H2,1-4H3,(H,19,22)(H,20,21)/t10-,11+,12+/m1/s1. The number of methoxy groups -OCH3 is 1. The van der Waals surface area contributed by atoms with Crippen LogP contribution in [0.1, 0.15) is 52.9 Å². The summed E-state index contributed by atoms with van der Waals surface area (Å²) in [6, 6.07) is -1.55. The van der Waals surface area contributed by atoms with Crippen LogP contribution in [-0.4, -0.2) is 42.5 Å². The van der Waals surface area contributed by atoms with Crippen molar-refractivity contribution < 1.29 is 19.1 Å². The molecule has 1 aliphatic heterocycles. The van der Waals surface area contributed by atoms with E-state index < -0.39 is 18.1 Å². The highest BCUT2D eigenvalue weighted by molar-refractivity contribution is 5.88. The second-order valence-corrected chi connectivity index (χ2v) is 8.36. The van der Waals surface area contributed by atoms with Gasteiger partial charge < -0.3 is 21.1 Å². The van der Waals surface area contributed by atoms with E-state index in [1.54, 1.807) is 0 Å². The summed E-state index contributed by atoms with van der Waals surface area (Å²) >= 11 is 0. The number of nitrogens with two attached hydrogens (primary N) is 1. The van der Waals surface area contributed by atoms with E-state index in [0.717, 1.165) is 12.8 Å². The maximum absolute atomic E-state index is 12.3. The molecular formula is C17H29N3O4. The molecule has 0 unspecified atom stereocenters. The number of hydrogen-bond donors (Lipinski definition) is 3. The maximum atomic E-state index is 12.3. The van der Waals surface area contributed by atoms with Crippen LogP contribution in [0.5, 0.6) is 0 Å². The van der Waals surface area contributed by atoms with Crippen LogP contribution < -0.4 is 16.4 Å². The number of carbonyl (C=O) groups excluding carboxylic acids is 3. The Balaban J connectivity index is 1.97. The molecule has 4 N–H and O–H groups in total. The van der Waals surface area contributed by atoms with Crippen LogP contribution in [0.4, 0.5) is 0 Å². The summed E-state index contributed by atoms with van der Waals surface area (Å²) in [5.41, 5.74) is 5.78. The number of ether oxygens (including phenoxy) is 1. The van der Waals surface area contributed by atoms with Crippen LogP contribution in [0, 0.1) is 11.3 Å². The zero-order valence-corrected chi connectivity index (χ0v) is 15.0. The summed E-state index contributed by atoms with van der Waals surface area (Å²) < 4.78 is 4.78. The Kier molecular flexibility index (Phi) is 5.22. The van der Waals surface area contributed by atoms with Crippen LogP contribution in [0.25, 0.3) is 0 Å². The summed E-state index contributed by atoms with van der Waals surface area (Å²) in [4.78, 5) is 36.4. The third-order valence-electron chi connectivity index (χ3n) is 4.74. The molecule has 0 radical (unpaired) electrons. The van der Waals surface area contributed by atoms with Gasteiger partial charge in [0, 0.05) is 11.5 Å². The summed E-state index contributed by atoms with van der Waals surface area (Å²) in [6.45, 7) is 5.99. The van der Waals surface area contributed by atoms with Gasteiger partial charge in [0.05, 0.1) is 13.2 Å². The quantitative estimate of drug-likeness (QED) is 0.609. The lowest BCUT2D eigenvalue weighted by Gasteiger charge is -2.25. The van der Waals surface area contributed by atoms with E-state index in [9.17, 15) is 14.4 Å². The number of amides is 2. The van der Waals surface area contributed by atoms with Crippen molar-refractivity contribution in [1.82, 2.24) is 10.6 Å². The van der Waals surface area contributed by atoms with Crippen molar-refractivity contribution >= 4 is 17.8 Å². The van der Waals surface area contributed by atoms with E-state index in [1.807, 2.05) is 20.8 Å². The predicted octanol–water partition coefficient (Wildman–Crippen LogP) is 0.467. The Bertz CT molecular complexity index is 522. The van der Waals surface area contributed by atoms with Crippen molar-refractivity contribution in [1.29, 1.82) is 0 Å². The Labute approximate surface area is 143 Å². The van der Waals surface area contributed by atoms with Gasteiger partial charge in [0.25, 0.3) is 0 Å². The molecule has 1 aliphatic carbocycles. The number of hydrogen-bond acceptors (Lipinski definition) is 5. The van der Waals surface area contributed by atoms with E-state index in [0.29, 0.717) is 12.8 Å². The molecule has 2 fully saturated rings. The normalized spacial score (nSPS) is 24.2. The fourth-order valence-electron chi connectivity index (χ4n) is 3.32. The van der Waals surface area contributed by atoms with Gasteiger partial charge in [-0.3, -0.25) is 9.59 Å². The van der Waals surface area contributed by atoms with Crippen LogP contribution in [0.2, 0.25) is 0 Å². The Hall–Kier alpha value is -1.63. The minimum Gasteiger partial charge on any atom is -0.467 e. The van der Waals surface area contributed by atoms with E-state index in [-0.39, 0.29) is 35.1 Å². The molecule has 0 bridgehead atoms. The van der Waals surface area contributed by atoms with Crippen molar-refractivity contribution in [3.63, 3.8) is 0 Å². The molecule has 0 aromatic carbocycles. The van der Waals surface area contributed by atoms with Gasteiger partial charge in [-0.15, -0.1) is 0 Å². The van der Waals surface area contributed by atoms with Crippen LogP contribution >= 0.6 is 0 Å². The van der Waals surface area contributed by atoms with Crippen LogP contribution in [-0.2, 0) is 19.1 Å². The first-order chi connectivity index (χ1) is 11.1. The lowest BCUT2D eigenvalue weighted by atomic mass is 9.88. The van der Waals surface area contributed by atoms with Crippen molar-refractivity contribution in [2.24, 2.45) is 17.1 Å². The van der Waals surface area contributed by atoms with Gasteiger partial charge in [-0.2, -0.15) is 0 Å². The minimum absolute atomic E-state index is 0.0466. The predicted molar refractivity (Wildman–Crippen MR) is 88.8 cm³/mol. The number of esters is 1.